The van der Waals surface area contributed by atoms with Crippen molar-refractivity contribution < 1.29 is 9.21 Å². The van der Waals surface area contributed by atoms with Gasteiger partial charge in [0.15, 0.2) is 11.5 Å². The minimum Gasteiger partial charge on any atom is -0.441 e. The van der Waals surface area contributed by atoms with Crippen LogP contribution >= 0.6 is 0 Å². The topological polar surface area (TPSA) is 68.0 Å². The average Bonchev–Trinajstić information content (AvgIpc) is 2.79. The highest BCUT2D eigenvalue weighted by Gasteiger charge is 2.07. The zero-order valence-electron chi connectivity index (χ0n) is 10.3. The van der Waals surface area contributed by atoms with Crippen LogP contribution < -0.4 is 5.32 Å². The van der Waals surface area contributed by atoms with E-state index in [-0.39, 0.29) is 5.91 Å². The highest BCUT2D eigenvalue weighted by molar-refractivity contribution is 6.04. The number of rotatable bonds is 2. The fourth-order valence-electron chi connectivity index (χ4n) is 1.82. The molecule has 2 aromatic heterocycles. The van der Waals surface area contributed by atoms with Crippen molar-refractivity contribution >= 4 is 22.7 Å². The van der Waals surface area contributed by atoms with Crippen LogP contribution in [0, 0.1) is 6.92 Å². The first kappa shape index (κ1) is 11.4. The molecule has 0 aliphatic carbocycles. The molecule has 0 aliphatic heterocycles. The summed E-state index contributed by atoms with van der Waals surface area (Å²) in [6.45, 7) is 1.79. The summed E-state index contributed by atoms with van der Waals surface area (Å²) in [5.41, 5.74) is 2.67. The first-order valence-electron chi connectivity index (χ1n) is 5.81. The second-order valence-corrected chi connectivity index (χ2v) is 4.11. The van der Waals surface area contributed by atoms with E-state index in [1.807, 2.05) is 6.07 Å². The molecule has 0 spiro atoms. The van der Waals surface area contributed by atoms with Crippen LogP contribution in [0.4, 0.5) is 5.69 Å². The third-order valence-corrected chi connectivity index (χ3v) is 2.70. The van der Waals surface area contributed by atoms with Gasteiger partial charge in [-0.25, -0.2) is 4.98 Å². The summed E-state index contributed by atoms with van der Waals surface area (Å²) in [5, 5.41) is 2.81. The number of fused-ring (bicyclic) bond motifs is 1. The van der Waals surface area contributed by atoms with Crippen molar-refractivity contribution in [3.8, 4) is 0 Å². The Hall–Kier alpha value is -2.69. The van der Waals surface area contributed by atoms with Crippen LogP contribution in [0.2, 0.25) is 0 Å². The number of hydrogen-bond acceptors (Lipinski definition) is 4. The lowest BCUT2D eigenvalue weighted by Crippen LogP contribution is -2.11. The Labute approximate surface area is 109 Å². The molecule has 3 rings (SSSR count). The zero-order chi connectivity index (χ0) is 13.2. The third-order valence-electron chi connectivity index (χ3n) is 2.70. The van der Waals surface area contributed by atoms with E-state index in [1.165, 1.54) is 0 Å². The van der Waals surface area contributed by atoms with Gasteiger partial charge in [-0.05, 0) is 24.3 Å². The molecule has 1 amide bonds. The fourth-order valence-corrected chi connectivity index (χ4v) is 1.82. The second kappa shape index (κ2) is 4.53. The molecule has 0 aliphatic rings. The molecular weight excluding hydrogens is 242 g/mol. The van der Waals surface area contributed by atoms with Crippen LogP contribution in [0.1, 0.15) is 16.2 Å². The largest absolute Gasteiger partial charge is 0.441 e. The Bertz CT molecular complexity index is 735. The summed E-state index contributed by atoms with van der Waals surface area (Å²) in [6, 6.07) is 8.69. The van der Waals surface area contributed by atoms with Gasteiger partial charge in [0.1, 0.15) is 5.52 Å². The van der Waals surface area contributed by atoms with Gasteiger partial charge in [-0.1, -0.05) is 0 Å². The van der Waals surface area contributed by atoms with Gasteiger partial charge in [-0.3, -0.25) is 9.78 Å². The normalized spacial score (nSPS) is 10.6. The number of benzene rings is 1. The molecule has 94 valence electrons. The molecule has 0 saturated carbocycles. The Morgan fingerprint density at radius 2 is 2.00 bits per heavy atom. The molecule has 5 heteroatoms. The van der Waals surface area contributed by atoms with Crippen molar-refractivity contribution in [3.63, 3.8) is 0 Å². The average molecular weight is 253 g/mol. The van der Waals surface area contributed by atoms with Crippen LogP contribution in [0.25, 0.3) is 11.1 Å². The number of pyridine rings is 1. The van der Waals surface area contributed by atoms with Gasteiger partial charge in [-0.2, -0.15) is 0 Å². The van der Waals surface area contributed by atoms with Crippen molar-refractivity contribution in [1.82, 2.24) is 9.97 Å². The van der Waals surface area contributed by atoms with E-state index >= 15 is 0 Å². The molecule has 3 aromatic rings. The lowest BCUT2D eigenvalue weighted by Gasteiger charge is -2.04. The van der Waals surface area contributed by atoms with Crippen LogP contribution in [0.5, 0.6) is 0 Å². The van der Waals surface area contributed by atoms with Gasteiger partial charge in [0.2, 0.25) is 0 Å². The minimum atomic E-state index is -0.182. The monoisotopic (exact) mass is 253 g/mol. The number of aryl methyl sites for hydroxylation is 1. The maximum Gasteiger partial charge on any atom is 0.255 e. The molecule has 1 aromatic carbocycles. The van der Waals surface area contributed by atoms with E-state index in [0.29, 0.717) is 22.7 Å². The zero-order valence-corrected chi connectivity index (χ0v) is 10.3. The SMILES string of the molecule is Cc1nc2ccc(NC(=O)c3ccncc3)cc2o1. The number of anilines is 1. The number of nitrogens with one attached hydrogen (secondary N) is 1. The van der Waals surface area contributed by atoms with Gasteiger partial charge in [0.25, 0.3) is 5.91 Å². The summed E-state index contributed by atoms with van der Waals surface area (Å²) in [6.07, 6.45) is 3.16. The van der Waals surface area contributed by atoms with Gasteiger partial charge in [0, 0.05) is 36.6 Å². The molecule has 0 saturated heterocycles. The van der Waals surface area contributed by atoms with Crippen molar-refractivity contribution in [2.45, 2.75) is 6.92 Å². The molecule has 0 radical (unpaired) electrons. The Morgan fingerprint density at radius 1 is 1.21 bits per heavy atom. The van der Waals surface area contributed by atoms with Crippen molar-refractivity contribution in [3.05, 3.63) is 54.2 Å². The molecule has 0 bridgehead atoms. The molecule has 5 nitrogen and oxygen atoms in total. The first-order chi connectivity index (χ1) is 9.22. The highest BCUT2D eigenvalue weighted by atomic mass is 16.3. The Morgan fingerprint density at radius 3 is 2.79 bits per heavy atom. The van der Waals surface area contributed by atoms with Gasteiger partial charge >= 0.3 is 0 Å². The molecule has 19 heavy (non-hydrogen) atoms. The number of carbonyl (C=O) groups is 1. The molecular formula is C14H11N3O2. The summed E-state index contributed by atoms with van der Waals surface area (Å²) in [4.78, 5) is 20.0. The van der Waals surface area contributed by atoms with Gasteiger partial charge in [-0.15, -0.1) is 0 Å². The quantitative estimate of drug-likeness (QED) is 0.762. The predicted octanol–water partition coefficient (Wildman–Crippen LogP) is 2.78. The van der Waals surface area contributed by atoms with Crippen molar-refractivity contribution in [2.24, 2.45) is 0 Å². The Kier molecular flexibility index (Phi) is 2.72. The van der Waals surface area contributed by atoms with Crippen molar-refractivity contribution in [2.75, 3.05) is 5.32 Å². The van der Waals surface area contributed by atoms with E-state index in [9.17, 15) is 4.79 Å². The summed E-state index contributed by atoms with van der Waals surface area (Å²) in [5.74, 6) is 0.422. The number of nitrogens with zero attached hydrogens (tertiary/aromatic N) is 2. The summed E-state index contributed by atoms with van der Waals surface area (Å²) in [7, 11) is 0. The number of amides is 1. The van der Waals surface area contributed by atoms with Crippen molar-refractivity contribution in [1.29, 1.82) is 0 Å². The number of carbonyl (C=O) groups excluding carboxylic acids is 1. The lowest BCUT2D eigenvalue weighted by molar-refractivity contribution is 0.102. The van der Waals surface area contributed by atoms with Crippen LogP contribution in [-0.4, -0.2) is 15.9 Å². The van der Waals surface area contributed by atoms with E-state index in [0.717, 1.165) is 5.52 Å². The maximum atomic E-state index is 12.0. The second-order valence-electron chi connectivity index (χ2n) is 4.11. The van der Waals surface area contributed by atoms with Crippen LogP contribution in [0.3, 0.4) is 0 Å². The molecule has 0 atom stereocenters. The fraction of sp³-hybridized carbons (Fsp3) is 0.0714. The number of aromatic nitrogens is 2. The molecule has 0 unspecified atom stereocenters. The molecule has 0 fully saturated rings. The molecule has 1 N–H and O–H groups in total. The van der Waals surface area contributed by atoms with Gasteiger partial charge in [0.05, 0.1) is 0 Å². The van der Waals surface area contributed by atoms with Gasteiger partial charge < -0.3 is 9.73 Å². The van der Waals surface area contributed by atoms with E-state index in [2.05, 4.69) is 15.3 Å². The third kappa shape index (κ3) is 2.30. The lowest BCUT2D eigenvalue weighted by atomic mass is 10.2. The van der Waals surface area contributed by atoms with E-state index in [1.54, 1.807) is 43.6 Å². The minimum absolute atomic E-state index is 0.182. The highest BCUT2D eigenvalue weighted by Crippen LogP contribution is 2.20. The predicted molar refractivity (Wildman–Crippen MR) is 70.9 cm³/mol. The summed E-state index contributed by atoms with van der Waals surface area (Å²) >= 11 is 0. The standard InChI is InChI=1S/C14H11N3O2/c1-9-16-12-3-2-11(8-13(12)19-9)17-14(18)10-4-6-15-7-5-10/h2-8H,1H3,(H,17,18). The first-order valence-corrected chi connectivity index (χ1v) is 5.81. The summed E-state index contributed by atoms with van der Waals surface area (Å²) < 4.78 is 5.42. The maximum absolute atomic E-state index is 12.0. The van der Waals surface area contributed by atoms with E-state index in [4.69, 9.17) is 4.42 Å². The number of oxazole rings is 1. The Balaban J connectivity index is 1.87. The smallest absolute Gasteiger partial charge is 0.255 e. The molecule has 2 heterocycles. The van der Waals surface area contributed by atoms with Crippen LogP contribution in [-0.2, 0) is 0 Å². The number of hydrogen-bond donors (Lipinski definition) is 1. The van der Waals surface area contributed by atoms with E-state index < -0.39 is 0 Å². The van der Waals surface area contributed by atoms with Crippen LogP contribution in [0.15, 0.2) is 47.1 Å².